The maximum atomic E-state index is 13.8. The molecule has 4 rings (SSSR count). The Balaban J connectivity index is 1.53. The Morgan fingerprint density at radius 3 is 2.31 bits per heavy atom. The summed E-state index contributed by atoms with van der Waals surface area (Å²) in [5.41, 5.74) is 1.50. The normalized spacial score (nSPS) is 21.2. The molecule has 0 bridgehead atoms. The van der Waals surface area contributed by atoms with E-state index in [9.17, 15) is 4.79 Å². The van der Waals surface area contributed by atoms with Crippen molar-refractivity contribution < 1.29 is 9.53 Å². The fourth-order valence-corrected chi connectivity index (χ4v) is 6.82. The minimum absolute atomic E-state index is 0.101. The Hall–Kier alpha value is -1.85. The maximum absolute atomic E-state index is 13.8. The molecule has 1 unspecified atom stereocenters. The summed E-state index contributed by atoms with van der Waals surface area (Å²) < 4.78 is 6.02. The minimum atomic E-state index is 0.101. The topological polar surface area (TPSA) is 41.6 Å². The molecule has 0 radical (unpaired) electrons. The van der Waals surface area contributed by atoms with Gasteiger partial charge in [0.2, 0.25) is 0 Å². The smallest absolute Gasteiger partial charge is 0.261 e. The van der Waals surface area contributed by atoms with Crippen LogP contribution in [-0.2, 0) is 17.8 Å². The molecule has 5 heteroatoms. The molecule has 1 aromatic heterocycles. The van der Waals surface area contributed by atoms with Crippen molar-refractivity contribution in [3.05, 3.63) is 52.2 Å². The SMILES string of the molecule is CCc1ccc(OCC(=O)N(Cc2cccs2)C2CNCCC23CCCCCCCCCC3)cc1. The molecule has 1 aliphatic heterocycles. The Morgan fingerprint density at radius 2 is 1.69 bits per heavy atom. The van der Waals surface area contributed by atoms with E-state index in [1.165, 1.54) is 81.1 Å². The molecule has 1 spiro atoms. The predicted octanol–water partition coefficient (Wildman–Crippen LogP) is 6.98. The van der Waals surface area contributed by atoms with Gasteiger partial charge in [-0.25, -0.2) is 0 Å². The number of hydrogen-bond acceptors (Lipinski definition) is 4. The first-order valence-electron chi connectivity index (χ1n) is 13.9. The zero-order chi connectivity index (χ0) is 24.3. The van der Waals surface area contributed by atoms with Crippen molar-refractivity contribution in [2.75, 3.05) is 19.7 Å². The van der Waals surface area contributed by atoms with Crippen LogP contribution in [0.5, 0.6) is 5.75 Å². The van der Waals surface area contributed by atoms with Crippen LogP contribution < -0.4 is 10.1 Å². The number of benzene rings is 1. The second-order valence-electron chi connectivity index (χ2n) is 10.5. The molecule has 35 heavy (non-hydrogen) atoms. The first-order chi connectivity index (χ1) is 17.2. The number of carbonyl (C=O) groups is 1. The van der Waals surface area contributed by atoms with Crippen LogP contribution in [0.1, 0.15) is 88.0 Å². The fourth-order valence-electron chi connectivity index (χ4n) is 6.11. The van der Waals surface area contributed by atoms with E-state index in [0.717, 1.165) is 25.3 Å². The highest BCUT2D eigenvalue weighted by molar-refractivity contribution is 7.09. The summed E-state index contributed by atoms with van der Waals surface area (Å²) >= 11 is 1.75. The second-order valence-corrected chi connectivity index (χ2v) is 11.6. The van der Waals surface area contributed by atoms with E-state index in [2.05, 4.69) is 46.8 Å². The largest absolute Gasteiger partial charge is 0.484 e. The van der Waals surface area contributed by atoms with E-state index in [1.54, 1.807) is 11.3 Å². The van der Waals surface area contributed by atoms with Gasteiger partial charge in [-0.1, -0.05) is 76.5 Å². The molecule has 1 aromatic carbocycles. The number of ether oxygens (including phenoxy) is 1. The summed E-state index contributed by atoms with van der Waals surface area (Å²) in [6.45, 7) is 4.89. The molecular formula is C30H44N2O2S. The molecule has 2 aliphatic rings. The number of amides is 1. The molecule has 4 nitrogen and oxygen atoms in total. The quantitative estimate of drug-likeness (QED) is 0.449. The zero-order valence-corrected chi connectivity index (χ0v) is 22.4. The van der Waals surface area contributed by atoms with Crippen molar-refractivity contribution in [2.24, 2.45) is 5.41 Å². The third-order valence-electron chi connectivity index (χ3n) is 8.24. The second kappa shape index (κ2) is 13.5. The molecule has 1 saturated carbocycles. The van der Waals surface area contributed by atoms with Gasteiger partial charge in [0.05, 0.1) is 12.6 Å². The van der Waals surface area contributed by atoms with Crippen molar-refractivity contribution in [3.63, 3.8) is 0 Å². The number of nitrogens with one attached hydrogen (secondary N) is 1. The molecule has 1 saturated heterocycles. The lowest BCUT2D eigenvalue weighted by molar-refractivity contribution is -0.141. The molecular weight excluding hydrogens is 452 g/mol. The lowest BCUT2D eigenvalue weighted by Crippen LogP contribution is -2.59. The third-order valence-corrected chi connectivity index (χ3v) is 9.10. The summed E-state index contributed by atoms with van der Waals surface area (Å²) in [4.78, 5) is 17.2. The maximum Gasteiger partial charge on any atom is 0.261 e. The van der Waals surface area contributed by atoms with Crippen LogP contribution in [0.3, 0.4) is 0 Å². The summed E-state index contributed by atoms with van der Waals surface area (Å²) in [5.74, 6) is 0.887. The Labute approximate surface area is 216 Å². The number of aryl methyl sites for hydroxylation is 1. The fraction of sp³-hybridized carbons (Fsp3) is 0.633. The minimum Gasteiger partial charge on any atom is -0.484 e. The van der Waals surface area contributed by atoms with E-state index in [-0.39, 0.29) is 24.0 Å². The molecule has 2 aromatic rings. The number of rotatable bonds is 7. The van der Waals surface area contributed by atoms with Gasteiger partial charge >= 0.3 is 0 Å². The van der Waals surface area contributed by atoms with Gasteiger partial charge in [0.1, 0.15) is 5.75 Å². The number of thiophene rings is 1. The highest BCUT2D eigenvalue weighted by Gasteiger charge is 2.44. The third kappa shape index (κ3) is 7.33. The average Bonchev–Trinajstić information content (AvgIpc) is 3.39. The summed E-state index contributed by atoms with van der Waals surface area (Å²) in [5, 5.41) is 5.77. The lowest BCUT2D eigenvalue weighted by atomic mass is 9.67. The van der Waals surface area contributed by atoms with Crippen LogP contribution in [-0.4, -0.2) is 36.5 Å². The number of carbonyl (C=O) groups excluding carboxylic acids is 1. The number of nitrogens with zero attached hydrogens (tertiary/aromatic N) is 1. The van der Waals surface area contributed by atoms with Crippen molar-refractivity contribution in [1.29, 1.82) is 0 Å². The summed E-state index contributed by atoms with van der Waals surface area (Å²) in [6, 6.07) is 12.6. The van der Waals surface area contributed by atoms with E-state index in [1.807, 2.05) is 12.1 Å². The van der Waals surface area contributed by atoms with Crippen molar-refractivity contribution in [3.8, 4) is 5.75 Å². The van der Waals surface area contributed by atoms with Crippen LogP contribution in [0.2, 0.25) is 0 Å². The van der Waals surface area contributed by atoms with Crippen LogP contribution >= 0.6 is 11.3 Å². The van der Waals surface area contributed by atoms with Gasteiger partial charge in [-0.2, -0.15) is 0 Å². The van der Waals surface area contributed by atoms with Crippen molar-refractivity contribution >= 4 is 17.2 Å². The Bertz CT molecular complexity index is 868. The van der Waals surface area contributed by atoms with Gasteiger partial charge in [-0.15, -0.1) is 11.3 Å². The predicted molar refractivity (Wildman–Crippen MR) is 146 cm³/mol. The molecule has 1 N–H and O–H groups in total. The van der Waals surface area contributed by atoms with Gasteiger partial charge in [0.25, 0.3) is 5.91 Å². The number of hydrogen-bond donors (Lipinski definition) is 1. The van der Waals surface area contributed by atoms with E-state index >= 15 is 0 Å². The molecule has 2 heterocycles. The van der Waals surface area contributed by atoms with Crippen LogP contribution in [0.4, 0.5) is 0 Å². The molecule has 1 aliphatic carbocycles. The summed E-state index contributed by atoms with van der Waals surface area (Å²) in [6.07, 6.45) is 15.4. The molecule has 1 atom stereocenters. The lowest BCUT2D eigenvalue weighted by Gasteiger charge is -2.50. The van der Waals surface area contributed by atoms with Crippen molar-refractivity contribution in [2.45, 2.75) is 96.6 Å². The first kappa shape index (κ1) is 26.2. The van der Waals surface area contributed by atoms with E-state index < -0.39 is 0 Å². The highest BCUT2D eigenvalue weighted by Crippen LogP contribution is 2.43. The van der Waals surface area contributed by atoms with Gasteiger partial charge in [0.15, 0.2) is 6.61 Å². The monoisotopic (exact) mass is 496 g/mol. The van der Waals surface area contributed by atoms with Crippen LogP contribution in [0.25, 0.3) is 0 Å². The van der Waals surface area contributed by atoms with Crippen molar-refractivity contribution in [1.82, 2.24) is 10.2 Å². The van der Waals surface area contributed by atoms with Crippen LogP contribution in [0.15, 0.2) is 41.8 Å². The highest BCUT2D eigenvalue weighted by atomic mass is 32.1. The first-order valence-corrected chi connectivity index (χ1v) is 14.8. The number of piperidine rings is 1. The zero-order valence-electron chi connectivity index (χ0n) is 21.6. The molecule has 2 fully saturated rings. The van der Waals surface area contributed by atoms with E-state index in [0.29, 0.717) is 6.54 Å². The molecule has 1 amide bonds. The standard InChI is InChI=1S/C30H44N2O2S/c1-2-25-13-15-26(16-14-25)34-24-29(33)32(23-27-12-11-21-35-27)28-22-31-20-19-30(28)17-9-7-5-3-4-6-8-10-18-30/h11-16,21,28,31H,2-10,17-20,22-24H2,1H3. The van der Waals surface area contributed by atoms with Gasteiger partial charge in [-0.05, 0) is 66.8 Å². The molecule has 192 valence electrons. The summed E-state index contributed by atoms with van der Waals surface area (Å²) in [7, 11) is 0. The Kier molecular flexibility index (Phi) is 10.1. The average molecular weight is 497 g/mol. The van der Waals surface area contributed by atoms with E-state index in [4.69, 9.17) is 4.74 Å². The van der Waals surface area contributed by atoms with Crippen LogP contribution in [0, 0.1) is 5.41 Å². The van der Waals surface area contributed by atoms with Gasteiger partial charge < -0.3 is 15.0 Å². The van der Waals surface area contributed by atoms with Gasteiger partial charge in [-0.3, -0.25) is 4.79 Å². The Morgan fingerprint density at radius 1 is 1.00 bits per heavy atom. The van der Waals surface area contributed by atoms with Gasteiger partial charge in [0, 0.05) is 11.4 Å².